The predicted molar refractivity (Wildman–Crippen MR) is 114 cm³/mol. The molecule has 4 nitrogen and oxygen atoms in total. The molecule has 4 rings (SSSR count). The van der Waals surface area contributed by atoms with Gasteiger partial charge in [0.05, 0.1) is 20.8 Å². The highest BCUT2D eigenvalue weighted by molar-refractivity contribution is 5.49. The van der Waals surface area contributed by atoms with Gasteiger partial charge in [0.2, 0.25) is 0 Å². The molecular weight excluding hydrogens is 362 g/mol. The summed E-state index contributed by atoms with van der Waals surface area (Å²) in [6.45, 7) is 1.68. The first-order valence-corrected chi connectivity index (χ1v) is 10.1. The number of quaternary nitrogens is 1. The van der Waals surface area contributed by atoms with E-state index in [0.717, 1.165) is 36.6 Å². The summed E-state index contributed by atoms with van der Waals surface area (Å²) in [4.78, 5) is 0. The third-order valence-electron chi connectivity index (χ3n) is 5.54. The summed E-state index contributed by atoms with van der Waals surface area (Å²) < 4.78 is 16.9. The summed E-state index contributed by atoms with van der Waals surface area (Å²) in [6.07, 6.45) is 2.03. The molecule has 0 bridgehead atoms. The Morgan fingerprint density at radius 2 is 1.59 bits per heavy atom. The maximum atomic E-state index is 5.91. The summed E-state index contributed by atoms with van der Waals surface area (Å²) in [5.74, 6) is 2.51. The Bertz CT molecular complexity index is 938. The summed E-state index contributed by atoms with van der Waals surface area (Å²) in [5.41, 5.74) is 5.19. The van der Waals surface area contributed by atoms with Gasteiger partial charge in [0.25, 0.3) is 0 Å². The topological polar surface area (TPSA) is 44.3 Å². The number of rotatable bonds is 7. The van der Waals surface area contributed by atoms with Crippen LogP contribution in [0.15, 0.2) is 66.7 Å². The number of hydrogen-bond donors (Lipinski definition) is 1. The zero-order valence-electron chi connectivity index (χ0n) is 17.1. The van der Waals surface area contributed by atoms with Gasteiger partial charge in [-0.3, -0.25) is 0 Å². The number of nitrogens with two attached hydrogens (primary N) is 1. The van der Waals surface area contributed by atoms with Gasteiger partial charge >= 0.3 is 0 Å². The number of methoxy groups -OCH3 is 2. The lowest BCUT2D eigenvalue weighted by molar-refractivity contribution is -0.698. The molecule has 29 heavy (non-hydrogen) atoms. The van der Waals surface area contributed by atoms with E-state index in [1.807, 2.05) is 18.2 Å². The third-order valence-corrected chi connectivity index (χ3v) is 5.54. The molecule has 1 atom stereocenters. The number of hydrogen-bond acceptors (Lipinski definition) is 3. The SMILES string of the molecule is COc1cc2c(cc1OC)[C@@H](Cc1ccc(OCc3ccccc3)cc1)[NH2+]CC2. The number of fused-ring (bicyclic) bond motifs is 1. The second-order valence-electron chi connectivity index (χ2n) is 7.41. The summed E-state index contributed by atoms with van der Waals surface area (Å²) in [5, 5.41) is 2.42. The highest BCUT2D eigenvalue weighted by Gasteiger charge is 2.25. The zero-order chi connectivity index (χ0) is 20.1. The number of ether oxygens (including phenoxy) is 3. The van der Waals surface area contributed by atoms with Crippen molar-refractivity contribution in [2.24, 2.45) is 0 Å². The van der Waals surface area contributed by atoms with Crippen molar-refractivity contribution in [3.63, 3.8) is 0 Å². The predicted octanol–water partition coefficient (Wildman–Crippen LogP) is 3.69. The first-order valence-electron chi connectivity index (χ1n) is 10.1. The molecular formula is C25H28NO3+. The third kappa shape index (κ3) is 4.54. The van der Waals surface area contributed by atoms with E-state index >= 15 is 0 Å². The molecule has 3 aromatic rings. The molecule has 0 unspecified atom stereocenters. The second kappa shape index (κ2) is 9.01. The van der Waals surface area contributed by atoms with Gasteiger partial charge in [-0.05, 0) is 41.0 Å². The minimum Gasteiger partial charge on any atom is -0.493 e. The lowest BCUT2D eigenvalue weighted by atomic mass is 9.90. The summed E-state index contributed by atoms with van der Waals surface area (Å²) in [7, 11) is 3.39. The largest absolute Gasteiger partial charge is 0.493 e. The van der Waals surface area contributed by atoms with Gasteiger partial charge in [0, 0.05) is 18.4 Å². The van der Waals surface area contributed by atoms with Crippen LogP contribution in [0.3, 0.4) is 0 Å². The Kier molecular flexibility index (Phi) is 6.01. The van der Waals surface area contributed by atoms with Crippen molar-refractivity contribution >= 4 is 0 Å². The van der Waals surface area contributed by atoms with E-state index in [2.05, 4.69) is 53.8 Å². The lowest BCUT2D eigenvalue weighted by Crippen LogP contribution is -2.87. The quantitative estimate of drug-likeness (QED) is 0.669. The van der Waals surface area contributed by atoms with Gasteiger partial charge < -0.3 is 19.5 Å². The monoisotopic (exact) mass is 390 g/mol. The van der Waals surface area contributed by atoms with Crippen LogP contribution in [0.5, 0.6) is 17.2 Å². The van der Waals surface area contributed by atoms with Crippen LogP contribution < -0.4 is 19.5 Å². The Labute approximate surface area is 172 Å². The fourth-order valence-electron chi connectivity index (χ4n) is 3.98. The van der Waals surface area contributed by atoms with Crippen molar-refractivity contribution in [2.75, 3.05) is 20.8 Å². The van der Waals surface area contributed by atoms with Gasteiger partial charge in [-0.1, -0.05) is 42.5 Å². The van der Waals surface area contributed by atoms with E-state index in [1.165, 1.54) is 22.3 Å². The van der Waals surface area contributed by atoms with Crippen LogP contribution in [0.1, 0.15) is 28.3 Å². The maximum absolute atomic E-state index is 5.91. The normalized spacial score (nSPS) is 15.4. The summed E-state index contributed by atoms with van der Waals surface area (Å²) in [6, 6.07) is 23.4. The van der Waals surface area contributed by atoms with E-state index in [0.29, 0.717) is 12.6 Å². The first-order chi connectivity index (χ1) is 14.3. The van der Waals surface area contributed by atoms with Crippen molar-refractivity contribution in [3.05, 3.63) is 89.0 Å². The Morgan fingerprint density at radius 3 is 2.31 bits per heavy atom. The van der Waals surface area contributed by atoms with E-state index in [1.54, 1.807) is 14.2 Å². The summed E-state index contributed by atoms with van der Waals surface area (Å²) >= 11 is 0. The van der Waals surface area contributed by atoms with Crippen LogP contribution in [-0.4, -0.2) is 20.8 Å². The van der Waals surface area contributed by atoms with Crippen LogP contribution in [0.4, 0.5) is 0 Å². The fraction of sp³-hybridized carbons (Fsp3) is 0.280. The molecule has 1 heterocycles. The van der Waals surface area contributed by atoms with Crippen LogP contribution in [0, 0.1) is 0 Å². The molecule has 0 radical (unpaired) electrons. The van der Waals surface area contributed by atoms with Gasteiger partial charge in [-0.25, -0.2) is 0 Å². The van der Waals surface area contributed by atoms with Crippen molar-refractivity contribution < 1.29 is 19.5 Å². The highest BCUT2D eigenvalue weighted by Crippen LogP contribution is 2.34. The molecule has 0 saturated heterocycles. The standard InChI is InChI=1S/C25H27NO3/c1-27-24-15-20-12-13-26-23(22(20)16-25(24)28-2)14-18-8-10-21(11-9-18)29-17-19-6-4-3-5-7-19/h3-11,15-16,23,26H,12-14,17H2,1-2H3/p+1/t23-/m1/s1. The smallest absolute Gasteiger partial charge is 0.161 e. The highest BCUT2D eigenvalue weighted by atomic mass is 16.5. The second-order valence-corrected chi connectivity index (χ2v) is 7.41. The molecule has 4 heteroatoms. The molecule has 0 saturated carbocycles. The lowest BCUT2D eigenvalue weighted by Gasteiger charge is -2.25. The Hall–Kier alpha value is -2.98. The van der Waals surface area contributed by atoms with Crippen LogP contribution in [0.2, 0.25) is 0 Å². The van der Waals surface area contributed by atoms with Crippen molar-refractivity contribution in [2.45, 2.75) is 25.5 Å². The van der Waals surface area contributed by atoms with E-state index in [4.69, 9.17) is 14.2 Å². The molecule has 1 aliphatic rings. The average molecular weight is 391 g/mol. The van der Waals surface area contributed by atoms with Gasteiger partial charge in [0.1, 0.15) is 18.4 Å². The molecule has 150 valence electrons. The molecule has 0 aliphatic carbocycles. The molecule has 0 spiro atoms. The van der Waals surface area contributed by atoms with Gasteiger partial charge in [-0.2, -0.15) is 0 Å². The van der Waals surface area contributed by atoms with Crippen molar-refractivity contribution in [1.29, 1.82) is 0 Å². The molecule has 0 amide bonds. The van der Waals surface area contributed by atoms with Crippen molar-refractivity contribution in [3.8, 4) is 17.2 Å². The first kappa shape index (κ1) is 19.3. The molecule has 1 aliphatic heterocycles. The van der Waals surface area contributed by atoms with Gasteiger partial charge in [-0.15, -0.1) is 0 Å². The molecule has 3 aromatic carbocycles. The Morgan fingerprint density at radius 1 is 0.862 bits per heavy atom. The number of benzene rings is 3. The maximum Gasteiger partial charge on any atom is 0.161 e. The molecule has 2 N–H and O–H groups in total. The van der Waals surface area contributed by atoms with Crippen LogP contribution in [0.25, 0.3) is 0 Å². The van der Waals surface area contributed by atoms with Crippen molar-refractivity contribution in [1.82, 2.24) is 0 Å². The van der Waals surface area contributed by atoms with Crippen LogP contribution in [-0.2, 0) is 19.4 Å². The fourth-order valence-corrected chi connectivity index (χ4v) is 3.98. The zero-order valence-corrected chi connectivity index (χ0v) is 17.1. The molecule has 0 fully saturated rings. The minimum atomic E-state index is 0.384. The Balaban J connectivity index is 1.45. The van der Waals surface area contributed by atoms with Gasteiger partial charge in [0.15, 0.2) is 11.5 Å². The average Bonchev–Trinajstić information content (AvgIpc) is 2.78. The molecule has 0 aromatic heterocycles. The van der Waals surface area contributed by atoms with E-state index in [9.17, 15) is 0 Å². The van der Waals surface area contributed by atoms with E-state index < -0.39 is 0 Å². The van der Waals surface area contributed by atoms with E-state index in [-0.39, 0.29) is 0 Å². The minimum absolute atomic E-state index is 0.384. The van der Waals surface area contributed by atoms with Crippen LogP contribution >= 0.6 is 0 Å².